The Balaban J connectivity index is 1.62. The number of carbonyl (C=O) groups excluding carboxylic acids is 1. The molecule has 3 aromatic rings. The zero-order valence-corrected chi connectivity index (χ0v) is 13.5. The Kier molecular flexibility index (Phi) is 4.86. The van der Waals surface area contributed by atoms with Gasteiger partial charge >= 0.3 is 0 Å². The molecule has 3 N–H and O–H groups in total. The van der Waals surface area contributed by atoms with Crippen LogP contribution in [0.4, 0.5) is 5.88 Å². The lowest BCUT2D eigenvalue weighted by Crippen LogP contribution is -2.25. The summed E-state index contributed by atoms with van der Waals surface area (Å²) in [5, 5.41) is 6.80. The van der Waals surface area contributed by atoms with Crippen LogP contribution in [0.25, 0.3) is 11.5 Å². The highest BCUT2D eigenvalue weighted by Crippen LogP contribution is 2.29. The van der Waals surface area contributed by atoms with Crippen molar-refractivity contribution in [3.63, 3.8) is 0 Å². The SMILES string of the molecule is Nc1onc(-c2ccc(Cl)o2)c1C(=O)NCCCc1ccccc1. The molecular formula is C17H16ClN3O3. The predicted octanol–water partition coefficient (Wildman–Crippen LogP) is 3.53. The summed E-state index contributed by atoms with van der Waals surface area (Å²) in [7, 11) is 0. The summed E-state index contributed by atoms with van der Waals surface area (Å²) in [6.07, 6.45) is 1.68. The van der Waals surface area contributed by atoms with Gasteiger partial charge in [0.1, 0.15) is 5.56 Å². The molecule has 0 spiro atoms. The van der Waals surface area contributed by atoms with Gasteiger partial charge in [-0.2, -0.15) is 0 Å². The minimum absolute atomic E-state index is 0.0573. The molecule has 0 aliphatic rings. The normalized spacial score (nSPS) is 10.7. The number of carbonyl (C=O) groups is 1. The summed E-state index contributed by atoms with van der Waals surface area (Å²) >= 11 is 5.75. The molecule has 0 atom stereocenters. The quantitative estimate of drug-likeness (QED) is 0.666. The second kappa shape index (κ2) is 7.23. The topological polar surface area (TPSA) is 94.3 Å². The molecule has 0 radical (unpaired) electrons. The standard InChI is InChI=1S/C17H16ClN3O3/c18-13-9-8-12(23-13)15-14(16(19)24-21-15)17(22)20-10-4-7-11-5-2-1-3-6-11/h1-3,5-6,8-9H,4,7,10,19H2,(H,20,22). The van der Waals surface area contributed by atoms with Gasteiger partial charge in [-0.05, 0) is 42.1 Å². The molecule has 3 rings (SSSR count). The van der Waals surface area contributed by atoms with Gasteiger partial charge in [0.2, 0.25) is 5.88 Å². The highest BCUT2D eigenvalue weighted by atomic mass is 35.5. The number of nitrogen functional groups attached to an aromatic ring is 1. The minimum atomic E-state index is -0.357. The molecule has 0 fully saturated rings. The number of aryl methyl sites for hydroxylation is 1. The summed E-state index contributed by atoms with van der Waals surface area (Å²) in [6, 6.07) is 13.2. The fraction of sp³-hybridized carbons (Fsp3) is 0.176. The zero-order chi connectivity index (χ0) is 16.9. The van der Waals surface area contributed by atoms with Crippen LogP contribution in [0.1, 0.15) is 22.3 Å². The maximum Gasteiger partial charge on any atom is 0.259 e. The van der Waals surface area contributed by atoms with Crippen LogP contribution in [-0.2, 0) is 6.42 Å². The van der Waals surface area contributed by atoms with Crippen molar-refractivity contribution in [2.24, 2.45) is 0 Å². The molecule has 7 heteroatoms. The van der Waals surface area contributed by atoms with Crippen molar-refractivity contribution in [2.45, 2.75) is 12.8 Å². The van der Waals surface area contributed by atoms with Crippen LogP contribution in [0.5, 0.6) is 0 Å². The molecule has 0 aliphatic carbocycles. The van der Waals surface area contributed by atoms with Gasteiger partial charge in [-0.25, -0.2) is 0 Å². The van der Waals surface area contributed by atoms with Gasteiger partial charge in [0.05, 0.1) is 0 Å². The van der Waals surface area contributed by atoms with Crippen LogP contribution >= 0.6 is 11.6 Å². The number of benzene rings is 1. The van der Waals surface area contributed by atoms with Crippen molar-refractivity contribution in [2.75, 3.05) is 12.3 Å². The average Bonchev–Trinajstić information content (AvgIpc) is 3.18. The molecule has 2 aromatic heterocycles. The lowest BCUT2D eigenvalue weighted by molar-refractivity contribution is 0.0954. The number of nitrogens with two attached hydrogens (primary N) is 1. The Morgan fingerprint density at radius 3 is 2.71 bits per heavy atom. The van der Waals surface area contributed by atoms with Crippen molar-refractivity contribution in [3.8, 4) is 11.5 Å². The monoisotopic (exact) mass is 345 g/mol. The maximum atomic E-state index is 12.4. The van der Waals surface area contributed by atoms with Crippen molar-refractivity contribution < 1.29 is 13.7 Å². The Hall–Kier alpha value is -2.73. The van der Waals surface area contributed by atoms with E-state index in [1.165, 1.54) is 5.56 Å². The number of amides is 1. The number of furan rings is 1. The maximum absolute atomic E-state index is 12.4. The van der Waals surface area contributed by atoms with E-state index in [1.807, 2.05) is 18.2 Å². The van der Waals surface area contributed by atoms with Gasteiger partial charge in [0.25, 0.3) is 5.91 Å². The van der Waals surface area contributed by atoms with Crippen molar-refractivity contribution >= 4 is 23.4 Å². The molecule has 1 amide bonds. The largest absolute Gasteiger partial charge is 0.443 e. The second-order valence-corrected chi connectivity index (χ2v) is 5.59. The van der Waals surface area contributed by atoms with E-state index >= 15 is 0 Å². The van der Waals surface area contributed by atoms with E-state index in [0.29, 0.717) is 12.3 Å². The van der Waals surface area contributed by atoms with Crippen LogP contribution in [0.3, 0.4) is 0 Å². The number of nitrogens with zero attached hydrogens (tertiary/aromatic N) is 1. The lowest BCUT2D eigenvalue weighted by atomic mass is 10.1. The van der Waals surface area contributed by atoms with E-state index in [0.717, 1.165) is 12.8 Å². The summed E-state index contributed by atoms with van der Waals surface area (Å²) in [5.41, 5.74) is 7.33. The smallest absolute Gasteiger partial charge is 0.259 e. The first-order valence-corrected chi connectivity index (χ1v) is 7.86. The fourth-order valence-corrected chi connectivity index (χ4v) is 2.51. The zero-order valence-electron chi connectivity index (χ0n) is 12.8. The fourth-order valence-electron chi connectivity index (χ4n) is 2.36. The Morgan fingerprint density at radius 2 is 2.00 bits per heavy atom. The third kappa shape index (κ3) is 3.60. The Bertz CT molecular complexity index is 827. The first kappa shape index (κ1) is 16.1. The summed E-state index contributed by atoms with van der Waals surface area (Å²) in [4.78, 5) is 12.4. The summed E-state index contributed by atoms with van der Waals surface area (Å²) < 4.78 is 10.2. The minimum Gasteiger partial charge on any atom is -0.443 e. The Labute approximate surface area is 143 Å². The average molecular weight is 346 g/mol. The Morgan fingerprint density at radius 1 is 1.21 bits per heavy atom. The first-order chi connectivity index (χ1) is 11.6. The highest BCUT2D eigenvalue weighted by molar-refractivity contribution is 6.29. The van der Waals surface area contributed by atoms with E-state index in [2.05, 4.69) is 22.6 Å². The molecule has 0 bridgehead atoms. The summed E-state index contributed by atoms with van der Waals surface area (Å²) in [5.74, 6) is -0.0858. The predicted molar refractivity (Wildman–Crippen MR) is 90.7 cm³/mol. The van der Waals surface area contributed by atoms with Gasteiger partial charge in [-0.3, -0.25) is 4.79 Å². The molecule has 0 unspecified atom stereocenters. The first-order valence-electron chi connectivity index (χ1n) is 7.48. The van der Waals surface area contributed by atoms with E-state index in [1.54, 1.807) is 12.1 Å². The van der Waals surface area contributed by atoms with E-state index < -0.39 is 0 Å². The van der Waals surface area contributed by atoms with Gasteiger partial charge < -0.3 is 20.0 Å². The molecule has 0 saturated carbocycles. The second-order valence-electron chi connectivity index (χ2n) is 5.22. The molecular weight excluding hydrogens is 330 g/mol. The third-order valence-electron chi connectivity index (χ3n) is 3.52. The molecule has 1 aromatic carbocycles. The number of aromatic nitrogens is 1. The third-order valence-corrected chi connectivity index (χ3v) is 3.73. The van der Waals surface area contributed by atoms with Crippen LogP contribution < -0.4 is 11.1 Å². The number of rotatable bonds is 6. The van der Waals surface area contributed by atoms with Gasteiger partial charge in [0, 0.05) is 6.54 Å². The molecule has 0 saturated heterocycles. The van der Waals surface area contributed by atoms with E-state index in [-0.39, 0.29) is 28.3 Å². The number of anilines is 1. The molecule has 2 heterocycles. The van der Waals surface area contributed by atoms with Gasteiger partial charge in [0.15, 0.2) is 16.7 Å². The number of hydrogen-bond acceptors (Lipinski definition) is 5. The number of hydrogen-bond donors (Lipinski definition) is 2. The van der Waals surface area contributed by atoms with Gasteiger partial charge in [-0.1, -0.05) is 35.5 Å². The molecule has 124 valence electrons. The lowest BCUT2D eigenvalue weighted by Gasteiger charge is -2.05. The van der Waals surface area contributed by atoms with Crippen molar-refractivity contribution in [3.05, 3.63) is 58.8 Å². The van der Waals surface area contributed by atoms with Crippen molar-refractivity contribution in [1.29, 1.82) is 0 Å². The van der Waals surface area contributed by atoms with Crippen LogP contribution in [0.2, 0.25) is 5.22 Å². The molecule has 6 nitrogen and oxygen atoms in total. The number of halogens is 1. The van der Waals surface area contributed by atoms with Crippen LogP contribution in [-0.4, -0.2) is 17.6 Å². The van der Waals surface area contributed by atoms with E-state index in [9.17, 15) is 4.79 Å². The molecule has 24 heavy (non-hydrogen) atoms. The van der Waals surface area contributed by atoms with Crippen molar-refractivity contribution in [1.82, 2.24) is 10.5 Å². The van der Waals surface area contributed by atoms with Gasteiger partial charge in [-0.15, -0.1) is 0 Å². The van der Waals surface area contributed by atoms with Crippen LogP contribution in [0.15, 0.2) is 51.4 Å². The summed E-state index contributed by atoms with van der Waals surface area (Å²) in [6.45, 7) is 0.511. The highest BCUT2D eigenvalue weighted by Gasteiger charge is 2.24. The van der Waals surface area contributed by atoms with Crippen LogP contribution in [0, 0.1) is 0 Å². The number of nitrogens with one attached hydrogen (secondary N) is 1. The van der Waals surface area contributed by atoms with E-state index in [4.69, 9.17) is 26.3 Å². The molecule has 0 aliphatic heterocycles.